The molecule has 0 aliphatic rings. The summed E-state index contributed by atoms with van der Waals surface area (Å²) in [5.74, 6) is -0.0565. The molecule has 0 radical (unpaired) electrons. The van der Waals surface area contributed by atoms with Gasteiger partial charge in [0.15, 0.2) is 0 Å². The summed E-state index contributed by atoms with van der Waals surface area (Å²) < 4.78 is 25.7. The first-order valence-corrected chi connectivity index (χ1v) is 6.74. The van der Waals surface area contributed by atoms with E-state index in [1.807, 2.05) is 25.1 Å². The topological polar surface area (TPSA) is 66.4 Å². The molecule has 1 aromatic rings. The number of rotatable bonds is 5. The molecular weight excluding hydrogens is 226 g/mol. The first kappa shape index (κ1) is 13.2. The van der Waals surface area contributed by atoms with Gasteiger partial charge in [0.05, 0.1) is 12.4 Å². The molecule has 0 saturated heterocycles. The molecule has 1 atom stereocenters. The molecule has 0 unspecified atom stereocenters. The van der Waals surface area contributed by atoms with Crippen LogP contribution in [0.1, 0.15) is 18.1 Å². The van der Waals surface area contributed by atoms with Crippen LogP contribution < -0.4 is 4.72 Å². The highest BCUT2D eigenvalue weighted by molar-refractivity contribution is 7.88. The van der Waals surface area contributed by atoms with E-state index in [1.165, 1.54) is 0 Å². The van der Waals surface area contributed by atoms with Crippen LogP contribution in [-0.2, 0) is 15.8 Å². The summed E-state index contributed by atoms with van der Waals surface area (Å²) in [4.78, 5) is 0. The van der Waals surface area contributed by atoms with Crippen LogP contribution in [0.3, 0.4) is 0 Å². The maximum Gasteiger partial charge on any atom is 0.216 e. The third-order valence-corrected chi connectivity index (χ3v) is 3.57. The monoisotopic (exact) mass is 243 g/mol. The average Bonchev–Trinajstić information content (AvgIpc) is 2.15. The van der Waals surface area contributed by atoms with E-state index in [9.17, 15) is 8.42 Å². The van der Waals surface area contributed by atoms with E-state index in [0.717, 1.165) is 11.1 Å². The fourth-order valence-electron chi connectivity index (χ4n) is 1.41. The highest BCUT2D eigenvalue weighted by Gasteiger charge is 2.14. The van der Waals surface area contributed by atoms with Crippen LogP contribution in [0.15, 0.2) is 24.3 Å². The molecule has 2 N–H and O–H groups in total. The van der Waals surface area contributed by atoms with E-state index >= 15 is 0 Å². The Hall–Kier alpha value is -0.910. The van der Waals surface area contributed by atoms with Gasteiger partial charge < -0.3 is 5.11 Å². The number of aliphatic hydroxyl groups excluding tert-OH is 1. The lowest BCUT2D eigenvalue weighted by molar-refractivity contribution is 0.265. The van der Waals surface area contributed by atoms with Crippen molar-refractivity contribution >= 4 is 10.0 Å². The summed E-state index contributed by atoms with van der Waals surface area (Å²) in [6, 6.07) is 6.91. The standard InChI is InChI=1S/C11H17NO3S/c1-9-4-3-5-11(6-9)8-16(14,15)12-10(2)7-13/h3-6,10,12-13H,7-8H2,1-2H3/t10-/m1/s1. The Morgan fingerprint density at radius 1 is 1.44 bits per heavy atom. The Labute approximate surface area is 96.4 Å². The SMILES string of the molecule is Cc1cccc(CS(=O)(=O)N[C@H](C)CO)c1. The summed E-state index contributed by atoms with van der Waals surface area (Å²) >= 11 is 0. The van der Waals surface area contributed by atoms with Crippen LogP contribution in [0.5, 0.6) is 0 Å². The lowest BCUT2D eigenvalue weighted by Gasteiger charge is -2.11. The van der Waals surface area contributed by atoms with Crippen molar-refractivity contribution in [1.29, 1.82) is 0 Å². The van der Waals surface area contributed by atoms with Crippen LogP contribution in [0, 0.1) is 6.92 Å². The molecule has 0 aliphatic heterocycles. The van der Waals surface area contributed by atoms with E-state index in [4.69, 9.17) is 5.11 Å². The fraction of sp³-hybridized carbons (Fsp3) is 0.455. The zero-order chi connectivity index (χ0) is 12.2. The summed E-state index contributed by atoms with van der Waals surface area (Å²) in [6.07, 6.45) is 0. The largest absolute Gasteiger partial charge is 0.395 e. The number of sulfonamides is 1. The molecular formula is C11H17NO3S. The summed E-state index contributed by atoms with van der Waals surface area (Å²) in [5, 5.41) is 8.78. The zero-order valence-electron chi connectivity index (χ0n) is 9.47. The van der Waals surface area contributed by atoms with Crippen LogP contribution in [-0.4, -0.2) is 26.2 Å². The van der Waals surface area contributed by atoms with Crippen molar-refractivity contribution in [2.24, 2.45) is 0 Å². The average molecular weight is 243 g/mol. The van der Waals surface area contributed by atoms with E-state index in [2.05, 4.69) is 4.72 Å². The third kappa shape index (κ3) is 4.30. The quantitative estimate of drug-likeness (QED) is 0.803. The summed E-state index contributed by atoms with van der Waals surface area (Å²) in [5.41, 5.74) is 1.78. The van der Waals surface area contributed by atoms with E-state index in [0.29, 0.717) is 0 Å². The van der Waals surface area contributed by atoms with Crippen molar-refractivity contribution < 1.29 is 13.5 Å². The second-order valence-electron chi connectivity index (χ2n) is 3.95. The van der Waals surface area contributed by atoms with Crippen molar-refractivity contribution in [3.63, 3.8) is 0 Å². The van der Waals surface area contributed by atoms with Gasteiger partial charge in [-0.1, -0.05) is 29.8 Å². The number of benzene rings is 1. The molecule has 90 valence electrons. The molecule has 0 amide bonds. The lowest BCUT2D eigenvalue weighted by Crippen LogP contribution is -2.35. The lowest BCUT2D eigenvalue weighted by atomic mass is 10.2. The highest BCUT2D eigenvalue weighted by Crippen LogP contribution is 2.08. The Balaban J connectivity index is 2.73. The number of hydrogen-bond donors (Lipinski definition) is 2. The van der Waals surface area contributed by atoms with Gasteiger partial charge in [-0.2, -0.15) is 0 Å². The minimum Gasteiger partial charge on any atom is -0.395 e. The Morgan fingerprint density at radius 2 is 2.12 bits per heavy atom. The molecule has 0 spiro atoms. The molecule has 16 heavy (non-hydrogen) atoms. The van der Waals surface area contributed by atoms with E-state index in [-0.39, 0.29) is 12.4 Å². The smallest absolute Gasteiger partial charge is 0.216 e. The Kier molecular flexibility index (Phi) is 4.46. The first-order chi connectivity index (χ1) is 7.43. The maximum atomic E-state index is 11.7. The normalized spacial score (nSPS) is 13.7. The van der Waals surface area contributed by atoms with Gasteiger partial charge in [0, 0.05) is 6.04 Å². The van der Waals surface area contributed by atoms with Crippen LogP contribution in [0.4, 0.5) is 0 Å². The van der Waals surface area contributed by atoms with Gasteiger partial charge in [-0.25, -0.2) is 13.1 Å². The Morgan fingerprint density at radius 3 is 2.69 bits per heavy atom. The zero-order valence-corrected chi connectivity index (χ0v) is 10.3. The summed E-state index contributed by atoms with van der Waals surface area (Å²) in [6.45, 7) is 3.33. The van der Waals surface area contributed by atoms with Crippen LogP contribution in [0.2, 0.25) is 0 Å². The predicted molar refractivity (Wildman–Crippen MR) is 63.5 cm³/mol. The van der Waals surface area contributed by atoms with Crippen LogP contribution >= 0.6 is 0 Å². The third-order valence-electron chi connectivity index (χ3n) is 2.09. The van der Waals surface area contributed by atoms with Crippen LogP contribution in [0.25, 0.3) is 0 Å². The van der Waals surface area contributed by atoms with Gasteiger partial charge in [0.2, 0.25) is 10.0 Å². The van der Waals surface area contributed by atoms with Crippen molar-refractivity contribution in [3.8, 4) is 0 Å². The number of hydrogen-bond acceptors (Lipinski definition) is 3. The van der Waals surface area contributed by atoms with E-state index < -0.39 is 16.1 Å². The second kappa shape index (κ2) is 5.43. The first-order valence-electron chi connectivity index (χ1n) is 5.09. The van der Waals surface area contributed by atoms with Gasteiger partial charge in [-0.15, -0.1) is 0 Å². The van der Waals surface area contributed by atoms with Crippen molar-refractivity contribution in [2.75, 3.05) is 6.61 Å². The molecule has 0 aliphatic carbocycles. The number of aryl methyl sites for hydroxylation is 1. The van der Waals surface area contributed by atoms with Gasteiger partial charge in [-0.3, -0.25) is 0 Å². The predicted octanol–water partition coefficient (Wildman–Crippen LogP) is 0.795. The summed E-state index contributed by atoms with van der Waals surface area (Å²) in [7, 11) is -3.37. The molecule has 0 saturated carbocycles. The van der Waals surface area contributed by atoms with Gasteiger partial charge in [-0.05, 0) is 19.4 Å². The highest BCUT2D eigenvalue weighted by atomic mass is 32.2. The van der Waals surface area contributed by atoms with Gasteiger partial charge >= 0.3 is 0 Å². The van der Waals surface area contributed by atoms with Gasteiger partial charge in [0.1, 0.15) is 0 Å². The number of aliphatic hydroxyl groups is 1. The fourth-order valence-corrected chi connectivity index (χ4v) is 2.80. The number of nitrogens with one attached hydrogen (secondary N) is 1. The maximum absolute atomic E-state index is 11.7. The van der Waals surface area contributed by atoms with E-state index in [1.54, 1.807) is 13.0 Å². The molecule has 0 heterocycles. The molecule has 5 heteroatoms. The van der Waals surface area contributed by atoms with Crippen molar-refractivity contribution in [2.45, 2.75) is 25.6 Å². The second-order valence-corrected chi connectivity index (χ2v) is 5.70. The van der Waals surface area contributed by atoms with Crippen molar-refractivity contribution in [3.05, 3.63) is 35.4 Å². The minimum absolute atomic E-state index is 0.0565. The molecule has 0 aromatic heterocycles. The molecule has 1 aromatic carbocycles. The van der Waals surface area contributed by atoms with Crippen molar-refractivity contribution in [1.82, 2.24) is 4.72 Å². The van der Waals surface area contributed by atoms with Gasteiger partial charge in [0.25, 0.3) is 0 Å². The molecule has 1 rings (SSSR count). The molecule has 0 bridgehead atoms. The minimum atomic E-state index is -3.37. The molecule has 4 nitrogen and oxygen atoms in total. The molecule has 0 fully saturated rings. The Bertz CT molecular complexity index is 442.